The third-order valence-electron chi connectivity index (χ3n) is 7.64. The average molecular weight is 615 g/mol. The molecule has 0 bridgehead atoms. The molecule has 2 atom stereocenters. The summed E-state index contributed by atoms with van der Waals surface area (Å²) in [5, 5.41) is 17.1. The molecular formula is C30H26F4N4O6. The third kappa shape index (κ3) is 5.10. The number of halogens is 4. The highest BCUT2D eigenvalue weighted by atomic mass is 19.4. The first kappa shape index (κ1) is 30.5. The maximum absolute atomic E-state index is 14.7. The Balaban J connectivity index is 1.54. The van der Waals surface area contributed by atoms with Crippen LogP contribution in [0.25, 0.3) is 22.4 Å². The molecule has 0 aliphatic carbocycles. The van der Waals surface area contributed by atoms with Crippen molar-refractivity contribution in [2.24, 2.45) is 5.73 Å². The van der Waals surface area contributed by atoms with Crippen LogP contribution in [0.2, 0.25) is 0 Å². The number of fused-ring (bicyclic) bond motifs is 1. The summed E-state index contributed by atoms with van der Waals surface area (Å²) < 4.78 is 73.6. The van der Waals surface area contributed by atoms with Crippen LogP contribution in [-0.2, 0) is 15.8 Å². The summed E-state index contributed by atoms with van der Waals surface area (Å²) in [4.78, 5) is 29.5. The number of amides is 2. The molecule has 2 aromatic carbocycles. The molecule has 4 N–H and O–H groups in total. The molecule has 2 aromatic heterocycles. The van der Waals surface area contributed by atoms with E-state index in [2.05, 4.69) is 15.5 Å². The lowest BCUT2D eigenvalue weighted by Crippen LogP contribution is -2.51. The van der Waals surface area contributed by atoms with E-state index in [1.807, 2.05) is 0 Å². The summed E-state index contributed by atoms with van der Waals surface area (Å²) in [6, 6.07) is 9.75. The number of methoxy groups -OCH3 is 1. The van der Waals surface area contributed by atoms with Crippen molar-refractivity contribution in [2.75, 3.05) is 20.3 Å². The smallest absolute Gasteiger partial charge is 0.424 e. The predicted molar refractivity (Wildman–Crippen MR) is 147 cm³/mol. The summed E-state index contributed by atoms with van der Waals surface area (Å²) in [7, 11) is 1.35. The molecule has 0 saturated heterocycles. The zero-order chi connectivity index (χ0) is 32.0. The van der Waals surface area contributed by atoms with Crippen LogP contribution in [0.5, 0.6) is 11.5 Å². The Labute approximate surface area is 247 Å². The Kier molecular flexibility index (Phi) is 7.58. The van der Waals surface area contributed by atoms with E-state index >= 15 is 0 Å². The van der Waals surface area contributed by atoms with Gasteiger partial charge < -0.3 is 30.2 Å². The van der Waals surface area contributed by atoms with Crippen molar-refractivity contribution < 1.29 is 46.3 Å². The lowest BCUT2D eigenvalue weighted by molar-refractivity contribution is -0.265. The number of carbonyl (C=O) groups excluding carboxylic acids is 2. The minimum absolute atomic E-state index is 0.0366. The van der Waals surface area contributed by atoms with E-state index in [9.17, 15) is 32.3 Å². The van der Waals surface area contributed by atoms with E-state index in [0.29, 0.717) is 16.8 Å². The fourth-order valence-electron chi connectivity index (χ4n) is 4.85. The number of nitrogens with zero attached hydrogens (tertiary/aromatic N) is 2. The monoisotopic (exact) mass is 614 g/mol. The van der Waals surface area contributed by atoms with Crippen LogP contribution >= 0.6 is 0 Å². The molecule has 1 aliphatic heterocycles. The third-order valence-corrected chi connectivity index (χ3v) is 7.64. The molecule has 10 nitrogen and oxygen atoms in total. The number of aryl methyl sites for hydroxylation is 1. The van der Waals surface area contributed by atoms with E-state index in [1.165, 1.54) is 50.6 Å². The fraction of sp³-hybridized carbons (Fsp3) is 0.267. The Morgan fingerprint density at radius 1 is 1.14 bits per heavy atom. The van der Waals surface area contributed by atoms with Gasteiger partial charge in [-0.05, 0) is 62.4 Å². The van der Waals surface area contributed by atoms with E-state index < -0.39 is 47.1 Å². The largest absolute Gasteiger partial charge is 0.496 e. The molecular weight excluding hydrogens is 588 g/mol. The summed E-state index contributed by atoms with van der Waals surface area (Å²) in [6.45, 7) is 1.42. The second-order valence-electron chi connectivity index (χ2n) is 10.5. The highest BCUT2D eigenvalue weighted by Crippen LogP contribution is 2.47. The molecule has 14 heteroatoms. The van der Waals surface area contributed by atoms with Crippen molar-refractivity contribution >= 4 is 11.8 Å². The van der Waals surface area contributed by atoms with Gasteiger partial charge in [0, 0.05) is 27.8 Å². The minimum Gasteiger partial charge on any atom is -0.496 e. The summed E-state index contributed by atoms with van der Waals surface area (Å²) >= 11 is 0. The van der Waals surface area contributed by atoms with Gasteiger partial charge in [-0.25, -0.2) is 9.37 Å². The Morgan fingerprint density at radius 3 is 2.43 bits per heavy atom. The molecule has 0 fully saturated rings. The molecule has 2 amide bonds. The quantitative estimate of drug-likeness (QED) is 0.250. The number of nitrogens with two attached hydrogens (primary N) is 1. The topological polar surface area (TPSA) is 150 Å². The van der Waals surface area contributed by atoms with Gasteiger partial charge in [0.25, 0.3) is 5.91 Å². The van der Waals surface area contributed by atoms with Gasteiger partial charge in [0.15, 0.2) is 0 Å². The maximum atomic E-state index is 14.7. The number of benzene rings is 2. The van der Waals surface area contributed by atoms with Gasteiger partial charge in [0.1, 0.15) is 41.3 Å². The first-order valence-electron chi connectivity index (χ1n) is 13.1. The fourth-order valence-corrected chi connectivity index (χ4v) is 4.85. The van der Waals surface area contributed by atoms with Gasteiger partial charge in [-0.1, -0.05) is 5.16 Å². The van der Waals surface area contributed by atoms with Gasteiger partial charge in [-0.3, -0.25) is 9.59 Å². The number of rotatable bonds is 8. The lowest BCUT2D eigenvalue weighted by Gasteiger charge is -2.31. The zero-order valence-electron chi connectivity index (χ0n) is 23.6. The predicted octanol–water partition coefficient (Wildman–Crippen LogP) is 4.18. The number of pyridine rings is 1. The van der Waals surface area contributed by atoms with E-state index in [1.54, 1.807) is 6.92 Å². The molecule has 0 spiro atoms. The first-order valence-corrected chi connectivity index (χ1v) is 13.1. The van der Waals surface area contributed by atoms with Crippen LogP contribution < -0.4 is 20.5 Å². The van der Waals surface area contributed by atoms with Gasteiger partial charge >= 0.3 is 6.18 Å². The van der Waals surface area contributed by atoms with Crippen molar-refractivity contribution in [3.63, 3.8) is 0 Å². The SMILES string of the molecule is COc1cc(C(=O)NC[C@](O)(c2cc3c(c(-c4ccc(F)cc4)n2)OC[C@]3(C)C(N)=O)C(F)(F)F)ccc1-c1conc1C. The van der Waals surface area contributed by atoms with E-state index in [4.69, 9.17) is 19.7 Å². The Bertz CT molecular complexity index is 1760. The number of hydrogen-bond donors (Lipinski definition) is 3. The number of hydrogen-bond acceptors (Lipinski definition) is 8. The van der Waals surface area contributed by atoms with E-state index in [-0.39, 0.29) is 40.5 Å². The molecule has 4 aromatic rings. The highest BCUT2D eigenvalue weighted by Gasteiger charge is 2.57. The van der Waals surface area contributed by atoms with Crippen LogP contribution in [0.3, 0.4) is 0 Å². The number of alkyl halides is 3. The van der Waals surface area contributed by atoms with Crippen LogP contribution in [0.1, 0.15) is 34.2 Å². The number of primary amides is 1. The molecule has 230 valence electrons. The van der Waals surface area contributed by atoms with Crippen molar-refractivity contribution in [3.05, 3.63) is 83.1 Å². The lowest BCUT2D eigenvalue weighted by atomic mass is 9.81. The van der Waals surface area contributed by atoms with E-state index in [0.717, 1.165) is 18.2 Å². The number of carbonyl (C=O) groups is 2. The van der Waals surface area contributed by atoms with Gasteiger partial charge in [0.2, 0.25) is 11.5 Å². The standard InChI is InChI=1S/C30H26F4N4O6/c1-15-20(12-44-38-15)19-9-6-17(10-22(19)42-3)26(39)36-13-29(41,30(32,33)34)23-11-21-25(43-14-28(21,2)27(35)40)24(37-23)16-4-7-18(31)8-5-16/h4-12,41H,13-14H2,1-3H3,(H2,35,40)(H,36,39)/t28-,29-/m0/s1. The normalized spacial score (nSPS) is 17.4. The molecule has 0 radical (unpaired) electrons. The van der Waals surface area contributed by atoms with Crippen molar-refractivity contribution in [1.82, 2.24) is 15.5 Å². The molecule has 44 heavy (non-hydrogen) atoms. The second kappa shape index (κ2) is 10.9. The Hall–Kier alpha value is -4.98. The van der Waals surface area contributed by atoms with Crippen LogP contribution in [0.4, 0.5) is 17.6 Å². The molecule has 0 saturated carbocycles. The highest BCUT2D eigenvalue weighted by molar-refractivity contribution is 5.96. The van der Waals surface area contributed by atoms with Crippen molar-refractivity contribution in [1.29, 1.82) is 0 Å². The molecule has 0 unspecified atom stereocenters. The Morgan fingerprint density at radius 2 is 1.84 bits per heavy atom. The average Bonchev–Trinajstić information content (AvgIpc) is 3.58. The van der Waals surface area contributed by atoms with Crippen LogP contribution in [-0.4, -0.2) is 53.5 Å². The second-order valence-corrected chi connectivity index (χ2v) is 10.5. The number of nitrogens with one attached hydrogen (secondary N) is 1. The molecule has 5 rings (SSSR count). The number of aliphatic hydroxyl groups is 1. The van der Waals surface area contributed by atoms with Crippen LogP contribution in [0, 0.1) is 12.7 Å². The number of ether oxygens (including phenoxy) is 2. The zero-order valence-corrected chi connectivity index (χ0v) is 23.6. The number of aromatic nitrogens is 2. The summed E-state index contributed by atoms with van der Waals surface area (Å²) in [5.41, 5.74) is 0.882. The van der Waals surface area contributed by atoms with Crippen molar-refractivity contribution in [2.45, 2.75) is 31.0 Å². The summed E-state index contributed by atoms with van der Waals surface area (Å²) in [6.07, 6.45) is -3.98. The minimum atomic E-state index is -5.36. The first-order chi connectivity index (χ1) is 20.7. The maximum Gasteiger partial charge on any atom is 0.424 e. The van der Waals surface area contributed by atoms with Gasteiger partial charge in [-0.2, -0.15) is 13.2 Å². The van der Waals surface area contributed by atoms with Crippen molar-refractivity contribution in [3.8, 4) is 33.9 Å². The molecule has 1 aliphatic rings. The van der Waals surface area contributed by atoms with Gasteiger partial charge in [-0.15, -0.1) is 0 Å². The molecule has 3 heterocycles. The van der Waals surface area contributed by atoms with Gasteiger partial charge in [0.05, 0.1) is 25.0 Å². The van der Waals surface area contributed by atoms with Crippen LogP contribution in [0.15, 0.2) is 59.3 Å². The summed E-state index contributed by atoms with van der Waals surface area (Å²) in [5.74, 6) is -2.26.